The lowest BCUT2D eigenvalue weighted by molar-refractivity contribution is 0.472. The Hall–Kier alpha value is -1.41. The number of benzene rings is 1. The topological polar surface area (TPSA) is 56.7 Å². The third kappa shape index (κ3) is 3.17. The molecule has 0 bridgehead atoms. The first-order valence-corrected chi connectivity index (χ1v) is 10.2. The van der Waals surface area contributed by atoms with E-state index in [1.54, 1.807) is 0 Å². The van der Waals surface area contributed by atoms with Crippen molar-refractivity contribution in [2.45, 2.75) is 26.8 Å². The molecular formula is C17H13BrCl2N4OS. The predicted molar refractivity (Wildman–Crippen MR) is 108 cm³/mol. The number of rotatable bonds is 4. The van der Waals surface area contributed by atoms with E-state index in [1.807, 2.05) is 36.7 Å². The molecule has 9 heteroatoms. The van der Waals surface area contributed by atoms with Crippen LogP contribution < -0.4 is 0 Å². The lowest BCUT2D eigenvalue weighted by Crippen LogP contribution is -2.05. The van der Waals surface area contributed by atoms with Crippen LogP contribution in [0.2, 0.25) is 10.0 Å². The van der Waals surface area contributed by atoms with Crippen LogP contribution in [-0.2, 0) is 13.0 Å². The van der Waals surface area contributed by atoms with Gasteiger partial charge in [0.25, 0.3) is 5.89 Å². The van der Waals surface area contributed by atoms with Crippen LogP contribution in [-0.4, -0.2) is 20.0 Å². The molecule has 4 rings (SSSR count). The molecule has 0 aliphatic heterocycles. The summed E-state index contributed by atoms with van der Waals surface area (Å²) in [5.74, 6) is 0.979. The van der Waals surface area contributed by atoms with Gasteiger partial charge in [-0.3, -0.25) is 4.68 Å². The van der Waals surface area contributed by atoms with E-state index in [0.29, 0.717) is 34.8 Å². The molecule has 0 spiro atoms. The van der Waals surface area contributed by atoms with E-state index in [1.165, 1.54) is 11.3 Å². The molecule has 0 unspecified atom stereocenters. The van der Waals surface area contributed by atoms with Crippen molar-refractivity contribution in [3.8, 4) is 10.8 Å². The smallest absolute Gasteiger partial charge is 0.259 e. The van der Waals surface area contributed by atoms with Crippen LogP contribution in [0.3, 0.4) is 0 Å². The van der Waals surface area contributed by atoms with Gasteiger partial charge >= 0.3 is 0 Å². The Kier molecular flexibility index (Phi) is 4.81. The molecule has 1 aromatic carbocycles. The number of hydrogen-bond donors (Lipinski definition) is 0. The van der Waals surface area contributed by atoms with Crippen molar-refractivity contribution in [1.82, 2.24) is 20.0 Å². The average molecular weight is 472 g/mol. The minimum atomic E-state index is 0.428. The van der Waals surface area contributed by atoms with Crippen LogP contribution in [0.1, 0.15) is 17.3 Å². The first-order valence-electron chi connectivity index (χ1n) is 7.84. The van der Waals surface area contributed by atoms with Crippen LogP contribution in [0.5, 0.6) is 0 Å². The lowest BCUT2D eigenvalue weighted by Gasteiger charge is -2.01. The third-order valence-electron chi connectivity index (χ3n) is 4.08. The van der Waals surface area contributed by atoms with Gasteiger partial charge in [-0.2, -0.15) is 5.10 Å². The van der Waals surface area contributed by atoms with E-state index < -0.39 is 0 Å². The number of aryl methyl sites for hydroxylation is 3. The summed E-state index contributed by atoms with van der Waals surface area (Å²) in [4.78, 5) is 0.761. The Balaban J connectivity index is 1.58. The van der Waals surface area contributed by atoms with Crippen LogP contribution in [0.25, 0.3) is 20.9 Å². The summed E-state index contributed by atoms with van der Waals surface area (Å²) in [6, 6.07) is 5.60. The van der Waals surface area contributed by atoms with Crippen molar-refractivity contribution < 1.29 is 4.42 Å². The minimum absolute atomic E-state index is 0.428. The van der Waals surface area contributed by atoms with Gasteiger partial charge in [0, 0.05) is 33.8 Å². The first kappa shape index (κ1) is 18.0. The van der Waals surface area contributed by atoms with Gasteiger partial charge in [-0.1, -0.05) is 29.3 Å². The van der Waals surface area contributed by atoms with Crippen LogP contribution in [0.15, 0.2) is 27.1 Å². The SMILES string of the molecule is Cc1nn(CCc2nnc(-c3sc4cc(Cl)ccc4c3Cl)o2)c(C)c1Br. The fourth-order valence-electron chi connectivity index (χ4n) is 2.72. The molecule has 0 amide bonds. The van der Waals surface area contributed by atoms with Gasteiger partial charge in [-0.05, 0) is 41.9 Å². The Morgan fingerprint density at radius 2 is 2.04 bits per heavy atom. The summed E-state index contributed by atoms with van der Waals surface area (Å²) in [5.41, 5.74) is 2.04. The highest BCUT2D eigenvalue weighted by Crippen LogP contribution is 2.42. The molecule has 0 saturated carbocycles. The maximum Gasteiger partial charge on any atom is 0.259 e. The van der Waals surface area contributed by atoms with Gasteiger partial charge in [0.05, 0.1) is 15.2 Å². The summed E-state index contributed by atoms with van der Waals surface area (Å²) >= 11 is 17.6. The number of thiophene rings is 1. The lowest BCUT2D eigenvalue weighted by atomic mass is 10.2. The van der Waals surface area contributed by atoms with Gasteiger partial charge in [0.15, 0.2) is 0 Å². The Morgan fingerprint density at radius 1 is 1.23 bits per heavy atom. The zero-order valence-corrected chi connectivity index (χ0v) is 17.8. The Morgan fingerprint density at radius 3 is 2.77 bits per heavy atom. The highest BCUT2D eigenvalue weighted by molar-refractivity contribution is 9.10. The number of nitrogens with zero attached hydrogens (tertiary/aromatic N) is 4. The molecule has 0 aliphatic carbocycles. The summed E-state index contributed by atoms with van der Waals surface area (Å²) < 4.78 is 9.77. The number of hydrogen-bond acceptors (Lipinski definition) is 5. The van der Waals surface area contributed by atoms with E-state index >= 15 is 0 Å². The zero-order valence-electron chi connectivity index (χ0n) is 13.9. The van der Waals surface area contributed by atoms with E-state index in [9.17, 15) is 0 Å². The van der Waals surface area contributed by atoms with Gasteiger partial charge in [0.1, 0.15) is 4.88 Å². The van der Waals surface area contributed by atoms with E-state index in [2.05, 4.69) is 31.2 Å². The zero-order chi connectivity index (χ0) is 18.4. The van der Waals surface area contributed by atoms with Crippen molar-refractivity contribution in [3.05, 3.63) is 50.0 Å². The molecule has 134 valence electrons. The number of fused-ring (bicyclic) bond motifs is 1. The summed E-state index contributed by atoms with van der Waals surface area (Å²) in [5, 5.41) is 15.0. The van der Waals surface area contributed by atoms with Gasteiger partial charge in [0.2, 0.25) is 5.89 Å². The van der Waals surface area contributed by atoms with Crippen LogP contribution in [0, 0.1) is 13.8 Å². The highest BCUT2D eigenvalue weighted by atomic mass is 79.9. The summed E-state index contributed by atoms with van der Waals surface area (Å²) in [7, 11) is 0. The highest BCUT2D eigenvalue weighted by Gasteiger charge is 2.18. The van der Waals surface area contributed by atoms with E-state index in [0.717, 1.165) is 30.8 Å². The van der Waals surface area contributed by atoms with Crippen LogP contribution >= 0.6 is 50.5 Å². The number of aromatic nitrogens is 4. The standard InChI is InChI=1S/C17H13BrCl2N4OS/c1-8-14(18)9(2)24(23-8)6-5-13-21-22-17(25-13)16-15(20)11-4-3-10(19)7-12(11)26-16/h3-4,7H,5-6H2,1-2H3. The maximum atomic E-state index is 6.49. The molecule has 4 aromatic rings. The van der Waals surface area contributed by atoms with E-state index in [4.69, 9.17) is 27.6 Å². The molecule has 0 N–H and O–H groups in total. The third-order valence-corrected chi connectivity index (χ3v) is 7.11. The van der Waals surface area contributed by atoms with Crippen molar-refractivity contribution in [3.63, 3.8) is 0 Å². The van der Waals surface area contributed by atoms with Crippen molar-refractivity contribution in [2.75, 3.05) is 0 Å². The fourth-order valence-corrected chi connectivity index (χ4v) is 4.71. The van der Waals surface area contributed by atoms with Crippen molar-refractivity contribution in [1.29, 1.82) is 0 Å². The van der Waals surface area contributed by atoms with Gasteiger partial charge in [-0.25, -0.2) is 0 Å². The fraction of sp³-hybridized carbons (Fsp3) is 0.235. The molecule has 3 heterocycles. The monoisotopic (exact) mass is 470 g/mol. The summed E-state index contributed by atoms with van der Waals surface area (Å²) in [6.07, 6.45) is 0.593. The molecule has 0 atom stereocenters. The Labute approximate surface area is 172 Å². The molecule has 3 aromatic heterocycles. The molecule has 0 aliphatic rings. The molecule has 0 saturated heterocycles. The molecule has 0 radical (unpaired) electrons. The average Bonchev–Trinajstić information content (AvgIpc) is 3.27. The normalized spacial score (nSPS) is 11.6. The minimum Gasteiger partial charge on any atom is -0.420 e. The number of halogens is 3. The van der Waals surface area contributed by atoms with Crippen LogP contribution in [0.4, 0.5) is 0 Å². The Bertz CT molecular complexity index is 1120. The maximum absolute atomic E-state index is 6.49. The quantitative estimate of drug-likeness (QED) is 0.362. The second-order valence-corrected chi connectivity index (χ2v) is 8.50. The summed E-state index contributed by atoms with van der Waals surface area (Å²) in [6.45, 7) is 4.65. The second-order valence-electron chi connectivity index (χ2n) is 5.84. The van der Waals surface area contributed by atoms with E-state index in [-0.39, 0.29) is 0 Å². The first-order chi connectivity index (χ1) is 12.4. The molecule has 0 fully saturated rings. The van der Waals surface area contributed by atoms with Gasteiger partial charge < -0.3 is 4.42 Å². The molecule has 26 heavy (non-hydrogen) atoms. The van der Waals surface area contributed by atoms with Gasteiger partial charge in [-0.15, -0.1) is 21.5 Å². The molecular weight excluding hydrogens is 459 g/mol. The predicted octanol–water partition coefficient (Wildman–Crippen LogP) is 6.08. The van der Waals surface area contributed by atoms with Crippen molar-refractivity contribution >= 4 is 60.6 Å². The second kappa shape index (κ2) is 6.96. The molecule has 5 nitrogen and oxygen atoms in total. The largest absolute Gasteiger partial charge is 0.420 e. The van der Waals surface area contributed by atoms with Crippen molar-refractivity contribution in [2.24, 2.45) is 0 Å².